The molecule has 0 saturated carbocycles. The average molecular weight is 232 g/mol. The van der Waals surface area contributed by atoms with Crippen molar-refractivity contribution < 1.29 is 0 Å². The first-order valence-electron chi connectivity index (χ1n) is 4.05. The Morgan fingerprint density at radius 3 is 2.50 bits per heavy atom. The molecule has 0 amide bonds. The molecule has 0 fully saturated rings. The first-order valence-corrected chi connectivity index (χ1v) is 4.43. The highest BCUT2D eigenvalue weighted by Gasteiger charge is 2.11. The summed E-state index contributed by atoms with van der Waals surface area (Å²) in [6, 6.07) is 0. The van der Waals surface area contributed by atoms with Crippen LogP contribution in [0.1, 0.15) is 11.4 Å². The zero-order chi connectivity index (χ0) is 9.59. The minimum atomic E-state index is 0. The van der Waals surface area contributed by atoms with E-state index in [0.717, 1.165) is 16.5 Å². The van der Waals surface area contributed by atoms with E-state index in [0.29, 0.717) is 5.15 Å². The molecule has 0 bridgehead atoms. The van der Waals surface area contributed by atoms with E-state index >= 15 is 0 Å². The van der Waals surface area contributed by atoms with E-state index in [1.54, 1.807) is 6.20 Å². The van der Waals surface area contributed by atoms with Gasteiger partial charge < -0.3 is 4.57 Å². The molecule has 2 heterocycles. The predicted octanol–water partition coefficient (Wildman–Crippen LogP) is 2.66. The van der Waals surface area contributed by atoms with Crippen LogP contribution in [0, 0.1) is 13.8 Å². The second-order valence-electron chi connectivity index (χ2n) is 3.15. The van der Waals surface area contributed by atoms with Crippen molar-refractivity contribution >= 4 is 34.8 Å². The Kier molecular flexibility index (Phi) is 3.02. The molecule has 0 aliphatic rings. The van der Waals surface area contributed by atoms with Gasteiger partial charge in [-0.15, -0.1) is 17.5 Å². The minimum Gasteiger partial charge on any atom is -0.351 e. The summed E-state index contributed by atoms with van der Waals surface area (Å²) in [6.45, 7) is 4.08. The fourth-order valence-corrected chi connectivity index (χ4v) is 1.86. The highest BCUT2D eigenvalue weighted by molar-refractivity contribution is 6.34. The third-order valence-corrected chi connectivity index (χ3v) is 2.83. The Bertz CT molecular complexity index is 476. The first kappa shape index (κ1) is 11.3. The number of nitrogens with zero attached hydrogens (tertiary/aromatic N) is 3. The van der Waals surface area contributed by atoms with Crippen LogP contribution >= 0.6 is 24.0 Å². The molecule has 0 saturated heterocycles. The molecule has 2 aromatic rings. The molecule has 0 aliphatic carbocycles. The van der Waals surface area contributed by atoms with Crippen molar-refractivity contribution in [3.63, 3.8) is 0 Å². The summed E-state index contributed by atoms with van der Waals surface area (Å²) in [4.78, 5) is 0. The molecule has 2 rings (SSSR count). The summed E-state index contributed by atoms with van der Waals surface area (Å²) in [5.74, 6) is 0. The maximum Gasteiger partial charge on any atom is 0.161 e. The number of halogens is 2. The molecule has 0 unspecified atom stereocenters. The third kappa shape index (κ3) is 1.37. The fourth-order valence-electron chi connectivity index (χ4n) is 1.58. The van der Waals surface area contributed by atoms with Crippen LogP contribution in [-0.2, 0) is 7.05 Å². The van der Waals surface area contributed by atoms with E-state index < -0.39 is 0 Å². The lowest BCUT2D eigenvalue weighted by molar-refractivity contribution is 0.851. The quantitative estimate of drug-likeness (QED) is 0.699. The Morgan fingerprint density at radius 1 is 1.29 bits per heavy atom. The number of fused-ring (bicyclic) bond motifs is 1. The lowest BCUT2D eigenvalue weighted by Crippen LogP contribution is -1.92. The lowest BCUT2D eigenvalue weighted by atomic mass is 10.2. The maximum atomic E-state index is 5.96. The molecular formula is C9H11Cl2N3. The Labute approximate surface area is 93.5 Å². The normalized spacial score (nSPS) is 10.3. The highest BCUT2D eigenvalue weighted by atomic mass is 35.5. The van der Waals surface area contributed by atoms with E-state index in [1.165, 1.54) is 5.69 Å². The van der Waals surface area contributed by atoms with Crippen LogP contribution in [0.4, 0.5) is 0 Å². The van der Waals surface area contributed by atoms with E-state index in [2.05, 4.69) is 14.8 Å². The van der Waals surface area contributed by atoms with E-state index in [-0.39, 0.29) is 12.4 Å². The summed E-state index contributed by atoms with van der Waals surface area (Å²) in [5, 5.41) is 10.2. The number of hydrogen-bond acceptors (Lipinski definition) is 2. The topological polar surface area (TPSA) is 30.7 Å². The van der Waals surface area contributed by atoms with E-state index in [1.807, 2.05) is 20.9 Å². The van der Waals surface area contributed by atoms with Crippen molar-refractivity contribution in [3.05, 3.63) is 22.7 Å². The molecule has 3 nitrogen and oxygen atoms in total. The van der Waals surface area contributed by atoms with Crippen LogP contribution in [0.2, 0.25) is 5.15 Å². The Balaban J connectivity index is 0.000000980. The van der Waals surface area contributed by atoms with Crippen molar-refractivity contribution in [2.45, 2.75) is 13.8 Å². The Morgan fingerprint density at radius 2 is 1.93 bits per heavy atom. The van der Waals surface area contributed by atoms with Crippen molar-refractivity contribution in [2.24, 2.45) is 7.05 Å². The fraction of sp³-hybridized carbons (Fsp3) is 0.333. The van der Waals surface area contributed by atoms with Gasteiger partial charge in [0, 0.05) is 29.2 Å². The van der Waals surface area contributed by atoms with Gasteiger partial charge in [0.15, 0.2) is 5.15 Å². The van der Waals surface area contributed by atoms with Crippen LogP contribution in [0.3, 0.4) is 0 Å². The zero-order valence-electron chi connectivity index (χ0n) is 8.21. The largest absolute Gasteiger partial charge is 0.351 e. The van der Waals surface area contributed by atoms with Crippen molar-refractivity contribution in [3.8, 4) is 0 Å². The van der Waals surface area contributed by atoms with Crippen LogP contribution < -0.4 is 0 Å². The molecule has 0 aromatic carbocycles. The van der Waals surface area contributed by atoms with Crippen LogP contribution in [-0.4, -0.2) is 14.8 Å². The van der Waals surface area contributed by atoms with Gasteiger partial charge in [-0.1, -0.05) is 11.6 Å². The van der Waals surface area contributed by atoms with E-state index in [4.69, 9.17) is 11.6 Å². The molecule has 14 heavy (non-hydrogen) atoms. The summed E-state index contributed by atoms with van der Waals surface area (Å²) in [7, 11) is 2.01. The van der Waals surface area contributed by atoms with Gasteiger partial charge >= 0.3 is 0 Å². The highest BCUT2D eigenvalue weighted by Crippen LogP contribution is 2.27. The molecule has 0 aliphatic heterocycles. The van der Waals surface area contributed by atoms with Gasteiger partial charge in [0.05, 0.1) is 6.20 Å². The predicted molar refractivity (Wildman–Crippen MR) is 60.2 cm³/mol. The average Bonchev–Trinajstić information content (AvgIpc) is 2.33. The van der Waals surface area contributed by atoms with Gasteiger partial charge in [0.1, 0.15) is 0 Å². The molecule has 0 spiro atoms. The van der Waals surface area contributed by atoms with Gasteiger partial charge in [-0.2, -0.15) is 5.10 Å². The molecule has 0 radical (unpaired) electrons. The third-order valence-electron chi connectivity index (χ3n) is 2.57. The van der Waals surface area contributed by atoms with Gasteiger partial charge in [-0.25, -0.2) is 0 Å². The number of aryl methyl sites for hydroxylation is 2. The Hall–Kier alpha value is -0.800. The van der Waals surface area contributed by atoms with Gasteiger partial charge in [0.2, 0.25) is 0 Å². The van der Waals surface area contributed by atoms with Crippen molar-refractivity contribution in [1.29, 1.82) is 0 Å². The maximum absolute atomic E-state index is 5.96. The zero-order valence-corrected chi connectivity index (χ0v) is 9.78. The molecule has 2 aromatic heterocycles. The molecule has 0 atom stereocenters. The van der Waals surface area contributed by atoms with Crippen molar-refractivity contribution in [2.75, 3.05) is 0 Å². The summed E-state index contributed by atoms with van der Waals surface area (Å²) < 4.78 is 2.10. The van der Waals surface area contributed by atoms with Gasteiger partial charge in [0.25, 0.3) is 0 Å². The number of hydrogen-bond donors (Lipinski definition) is 0. The second-order valence-corrected chi connectivity index (χ2v) is 3.51. The number of aromatic nitrogens is 3. The summed E-state index contributed by atoms with van der Waals surface area (Å²) >= 11 is 5.96. The first-order chi connectivity index (χ1) is 6.13. The standard InChI is InChI=1S/C9H10ClN3.ClH/c1-5-7-4-11-12-9(10)8(7)6(2)13(5)3;/h4H,1-3H3;1H. The van der Waals surface area contributed by atoms with Crippen LogP contribution in [0.15, 0.2) is 6.20 Å². The lowest BCUT2D eigenvalue weighted by Gasteiger charge is -1.97. The van der Waals surface area contributed by atoms with Crippen LogP contribution in [0.25, 0.3) is 10.8 Å². The van der Waals surface area contributed by atoms with Gasteiger partial charge in [-0.05, 0) is 13.8 Å². The molecule has 0 N–H and O–H groups in total. The summed E-state index contributed by atoms with van der Waals surface area (Å²) in [5.41, 5.74) is 2.30. The monoisotopic (exact) mass is 231 g/mol. The SMILES string of the molecule is Cc1c2cnnc(Cl)c2c(C)n1C.Cl. The van der Waals surface area contributed by atoms with E-state index in [9.17, 15) is 0 Å². The van der Waals surface area contributed by atoms with Crippen LogP contribution in [0.5, 0.6) is 0 Å². The summed E-state index contributed by atoms with van der Waals surface area (Å²) in [6.07, 6.45) is 1.75. The molecule has 76 valence electrons. The second kappa shape index (κ2) is 3.75. The number of rotatable bonds is 0. The minimum absolute atomic E-state index is 0. The molecule has 5 heteroatoms. The molecular weight excluding hydrogens is 221 g/mol. The van der Waals surface area contributed by atoms with Crippen molar-refractivity contribution in [1.82, 2.24) is 14.8 Å². The van der Waals surface area contributed by atoms with Gasteiger partial charge in [-0.3, -0.25) is 0 Å². The smallest absolute Gasteiger partial charge is 0.161 e.